The molecule has 18 heavy (non-hydrogen) atoms. The highest BCUT2D eigenvalue weighted by Crippen LogP contribution is 2.31. The Labute approximate surface area is 104 Å². The lowest BCUT2D eigenvalue weighted by Gasteiger charge is -2.12. The molecule has 1 aromatic rings. The van der Waals surface area contributed by atoms with E-state index in [2.05, 4.69) is 5.32 Å². The summed E-state index contributed by atoms with van der Waals surface area (Å²) >= 11 is 0. The summed E-state index contributed by atoms with van der Waals surface area (Å²) in [6, 6.07) is 1.85. The minimum atomic E-state index is -0.851. The van der Waals surface area contributed by atoms with Crippen molar-refractivity contribution in [2.24, 2.45) is 11.7 Å². The fourth-order valence-electron chi connectivity index (χ4n) is 1.83. The van der Waals surface area contributed by atoms with Crippen LogP contribution in [0, 0.1) is 24.5 Å². The Kier molecular flexibility index (Phi) is 3.61. The Morgan fingerprint density at radius 1 is 1.44 bits per heavy atom. The molecule has 0 heterocycles. The van der Waals surface area contributed by atoms with E-state index in [9.17, 15) is 13.6 Å². The maximum absolute atomic E-state index is 13.4. The molecule has 1 aromatic carbocycles. The van der Waals surface area contributed by atoms with Crippen molar-refractivity contribution in [2.75, 3.05) is 6.54 Å². The molecule has 1 atom stereocenters. The second-order valence-electron chi connectivity index (χ2n) is 4.79. The predicted molar refractivity (Wildman–Crippen MR) is 64.1 cm³/mol. The van der Waals surface area contributed by atoms with Gasteiger partial charge in [0.1, 0.15) is 11.6 Å². The highest BCUT2D eigenvalue weighted by atomic mass is 19.1. The van der Waals surface area contributed by atoms with Crippen LogP contribution in [0.25, 0.3) is 0 Å². The number of carbonyl (C=O) groups excluding carboxylic acids is 1. The van der Waals surface area contributed by atoms with E-state index in [1.165, 1.54) is 13.0 Å². The molecule has 1 fully saturated rings. The van der Waals surface area contributed by atoms with Gasteiger partial charge in [-0.25, -0.2) is 8.78 Å². The Balaban J connectivity index is 2.01. The van der Waals surface area contributed by atoms with Crippen LogP contribution in [-0.2, 0) is 0 Å². The van der Waals surface area contributed by atoms with Gasteiger partial charge < -0.3 is 11.1 Å². The predicted octanol–water partition coefficient (Wildman–Crippen LogP) is 1.74. The van der Waals surface area contributed by atoms with Crippen molar-refractivity contribution >= 4 is 5.91 Å². The minimum absolute atomic E-state index is 0.0847. The Hall–Kier alpha value is -1.49. The number of nitrogens with two attached hydrogens (primary N) is 1. The monoisotopic (exact) mass is 254 g/mol. The number of halogens is 2. The Bertz CT molecular complexity index is 472. The van der Waals surface area contributed by atoms with Crippen LogP contribution in [0.15, 0.2) is 12.1 Å². The van der Waals surface area contributed by atoms with Crippen molar-refractivity contribution in [2.45, 2.75) is 25.8 Å². The lowest BCUT2D eigenvalue weighted by atomic mass is 10.1. The van der Waals surface area contributed by atoms with Crippen LogP contribution in [0.4, 0.5) is 8.78 Å². The highest BCUT2D eigenvalue weighted by molar-refractivity contribution is 5.94. The summed E-state index contributed by atoms with van der Waals surface area (Å²) in [4.78, 5) is 11.7. The molecule has 98 valence electrons. The van der Waals surface area contributed by atoms with Crippen LogP contribution >= 0.6 is 0 Å². The summed E-state index contributed by atoms with van der Waals surface area (Å²) < 4.78 is 26.5. The quantitative estimate of drug-likeness (QED) is 0.860. The first kappa shape index (κ1) is 13.0. The molecule has 5 heteroatoms. The minimum Gasteiger partial charge on any atom is -0.350 e. The summed E-state index contributed by atoms with van der Waals surface area (Å²) in [6.07, 6.45) is 2.17. The largest absolute Gasteiger partial charge is 0.350 e. The fraction of sp³-hybridized carbons (Fsp3) is 0.462. The molecule has 1 saturated carbocycles. The van der Waals surface area contributed by atoms with Crippen molar-refractivity contribution in [3.63, 3.8) is 0 Å². The highest BCUT2D eigenvalue weighted by Gasteiger charge is 2.28. The van der Waals surface area contributed by atoms with Crippen molar-refractivity contribution in [3.05, 3.63) is 34.9 Å². The van der Waals surface area contributed by atoms with E-state index in [0.717, 1.165) is 18.9 Å². The maximum Gasteiger partial charge on any atom is 0.254 e. The second kappa shape index (κ2) is 5.02. The molecule has 1 amide bonds. The summed E-state index contributed by atoms with van der Waals surface area (Å²) in [5.41, 5.74) is 5.93. The number of hydrogen-bond acceptors (Lipinski definition) is 2. The van der Waals surface area contributed by atoms with Crippen molar-refractivity contribution < 1.29 is 13.6 Å². The van der Waals surface area contributed by atoms with Gasteiger partial charge in [0.25, 0.3) is 5.91 Å². The van der Waals surface area contributed by atoms with Gasteiger partial charge in [-0.05, 0) is 37.3 Å². The van der Waals surface area contributed by atoms with Crippen LogP contribution in [0.3, 0.4) is 0 Å². The molecular formula is C13H16F2N2O. The van der Waals surface area contributed by atoms with Gasteiger partial charge in [-0.1, -0.05) is 0 Å². The van der Waals surface area contributed by atoms with Crippen LogP contribution in [0.5, 0.6) is 0 Å². The molecule has 1 aliphatic carbocycles. The van der Waals surface area contributed by atoms with Gasteiger partial charge in [0.05, 0.1) is 5.56 Å². The molecule has 0 bridgehead atoms. The van der Waals surface area contributed by atoms with E-state index in [4.69, 9.17) is 5.73 Å². The van der Waals surface area contributed by atoms with Gasteiger partial charge in [0.15, 0.2) is 0 Å². The van der Waals surface area contributed by atoms with E-state index in [1.54, 1.807) is 0 Å². The Morgan fingerprint density at radius 2 is 2.11 bits per heavy atom. The van der Waals surface area contributed by atoms with Crippen LogP contribution in [0.2, 0.25) is 0 Å². The van der Waals surface area contributed by atoms with Crippen molar-refractivity contribution in [1.82, 2.24) is 5.32 Å². The first-order valence-corrected chi connectivity index (χ1v) is 5.98. The molecule has 0 saturated heterocycles. The number of nitrogens with one attached hydrogen (secondary N) is 1. The number of aryl methyl sites for hydroxylation is 1. The van der Waals surface area contributed by atoms with Crippen LogP contribution < -0.4 is 11.1 Å². The third kappa shape index (κ3) is 2.85. The molecule has 0 radical (unpaired) electrons. The summed E-state index contributed by atoms with van der Waals surface area (Å²) in [6.45, 7) is 1.81. The summed E-state index contributed by atoms with van der Waals surface area (Å²) in [5, 5.41) is 2.58. The lowest BCUT2D eigenvalue weighted by Crippen LogP contribution is -2.38. The molecule has 0 spiro atoms. The number of rotatable bonds is 4. The molecule has 1 unspecified atom stereocenters. The normalized spacial score (nSPS) is 16.4. The number of benzene rings is 1. The van der Waals surface area contributed by atoms with Gasteiger partial charge in [-0.15, -0.1) is 0 Å². The smallest absolute Gasteiger partial charge is 0.254 e. The number of amides is 1. The zero-order valence-electron chi connectivity index (χ0n) is 10.2. The van der Waals surface area contributed by atoms with Crippen molar-refractivity contribution in [3.8, 4) is 0 Å². The molecule has 0 aliphatic heterocycles. The average molecular weight is 254 g/mol. The average Bonchev–Trinajstić information content (AvgIpc) is 3.14. The molecule has 0 aromatic heterocycles. The summed E-state index contributed by atoms with van der Waals surface area (Å²) in [7, 11) is 0. The first-order chi connectivity index (χ1) is 8.49. The van der Waals surface area contributed by atoms with Crippen LogP contribution in [0.1, 0.15) is 28.8 Å². The number of hydrogen-bond donors (Lipinski definition) is 2. The molecular weight excluding hydrogens is 238 g/mol. The van der Waals surface area contributed by atoms with E-state index in [1.807, 2.05) is 0 Å². The summed E-state index contributed by atoms with van der Waals surface area (Å²) in [5.74, 6) is -1.59. The Morgan fingerprint density at radius 3 is 2.72 bits per heavy atom. The molecule has 2 rings (SSSR count). The van der Waals surface area contributed by atoms with Gasteiger partial charge >= 0.3 is 0 Å². The second-order valence-corrected chi connectivity index (χ2v) is 4.79. The van der Waals surface area contributed by atoms with E-state index in [-0.39, 0.29) is 17.2 Å². The molecule has 3 nitrogen and oxygen atoms in total. The molecule has 1 aliphatic rings. The van der Waals surface area contributed by atoms with E-state index < -0.39 is 17.5 Å². The SMILES string of the molecule is Cc1cc(C(=O)NCC(N)C2CC2)c(F)cc1F. The molecule has 3 N–H and O–H groups in total. The van der Waals surface area contributed by atoms with Crippen LogP contribution in [-0.4, -0.2) is 18.5 Å². The zero-order valence-corrected chi connectivity index (χ0v) is 10.2. The third-order valence-electron chi connectivity index (χ3n) is 3.22. The number of carbonyl (C=O) groups is 1. The lowest BCUT2D eigenvalue weighted by molar-refractivity contribution is 0.0946. The van der Waals surface area contributed by atoms with Gasteiger partial charge in [-0.3, -0.25) is 4.79 Å². The topological polar surface area (TPSA) is 55.1 Å². The maximum atomic E-state index is 13.4. The third-order valence-corrected chi connectivity index (χ3v) is 3.22. The van der Waals surface area contributed by atoms with Gasteiger partial charge in [-0.2, -0.15) is 0 Å². The van der Waals surface area contributed by atoms with Gasteiger partial charge in [0, 0.05) is 18.7 Å². The first-order valence-electron chi connectivity index (χ1n) is 5.98. The van der Waals surface area contributed by atoms with E-state index in [0.29, 0.717) is 12.5 Å². The zero-order chi connectivity index (χ0) is 13.3. The van der Waals surface area contributed by atoms with E-state index >= 15 is 0 Å². The standard InChI is InChI=1S/C13H16F2N2O/c1-7-4-9(11(15)5-10(7)14)13(18)17-6-12(16)8-2-3-8/h4-5,8,12H,2-3,6,16H2,1H3,(H,17,18). The van der Waals surface area contributed by atoms with Crippen molar-refractivity contribution in [1.29, 1.82) is 0 Å². The van der Waals surface area contributed by atoms with Gasteiger partial charge in [0.2, 0.25) is 0 Å². The fourth-order valence-corrected chi connectivity index (χ4v) is 1.83.